The van der Waals surface area contributed by atoms with Crippen LogP contribution in [0.5, 0.6) is 0 Å². The summed E-state index contributed by atoms with van der Waals surface area (Å²) >= 11 is 0. The van der Waals surface area contributed by atoms with Gasteiger partial charge in [-0.15, -0.1) is 0 Å². The van der Waals surface area contributed by atoms with Crippen LogP contribution in [0.4, 0.5) is 0 Å². The molecule has 0 saturated carbocycles. The van der Waals surface area contributed by atoms with Crippen LogP contribution in [0.15, 0.2) is 33.7 Å². The number of likely N-dealkylation sites (N-methyl/N-ethyl adjacent to an activating group) is 1. The number of hydrogen-bond donors (Lipinski definition) is 2. The van der Waals surface area contributed by atoms with Crippen LogP contribution in [-0.4, -0.2) is 44.1 Å². The van der Waals surface area contributed by atoms with E-state index in [0.29, 0.717) is 6.54 Å². The quantitative estimate of drug-likeness (QED) is 0.609. The summed E-state index contributed by atoms with van der Waals surface area (Å²) in [6, 6.07) is 8.12. The van der Waals surface area contributed by atoms with Crippen LogP contribution in [-0.2, 0) is 6.54 Å². The molecular formula is C18H28N4O. The number of fused-ring (bicyclic) bond motifs is 1. The van der Waals surface area contributed by atoms with Gasteiger partial charge in [0.2, 0.25) is 0 Å². The molecule has 0 bridgehead atoms. The van der Waals surface area contributed by atoms with Crippen molar-refractivity contribution in [3.8, 4) is 0 Å². The molecule has 2 N–H and O–H groups in total. The van der Waals surface area contributed by atoms with Gasteiger partial charge in [-0.05, 0) is 33.5 Å². The normalized spacial score (nSPS) is 12.1. The smallest absolute Gasteiger partial charge is 0.191 e. The van der Waals surface area contributed by atoms with Gasteiger partial charge >= 0.3 is 0 Å². The Bertz CT molecular complexity index is 648. The molecule has 0 aliphatic carbocycles. The van der Waals surface area contributed by atoms with Crippen molar-refractivity contribution in [1.29, 1.82) is 0 Å². The molecule has 0 aliphatic heterocycles. The van der Waals surface area contributed by atoms with E-state index in [-0.39, 0.29) is 0 Å². The largest absolute Gasteiger partial charge is 0.459 e. The Labute approximate surface area is 138 Å². The van der Waals surface area contributed by atoms with Crippen molar-refractivity contribution in [3.63, 3.8) is 0 Å². The van der Waals surface area contributed by atoms with Crippen molar-refractivity contribution in [2.75, 3.05) is 33.2 Å². The maximum atomic E-state index is 5.92. The second-order valence-corrected chi connectivity index (χ2v) is 5.66. The lowest BCUT2D eigenvalue weighted by Crippen LogP contribution is -2.40. The van der Waals surface area contributed by atoms with Crippen LogP contribution < -0.4 is 10.6 Å². The van der Waals surface area contributed by atoms with E-state index >= 15 is 0 Å². The van der Waals surface area contributed by atoms with Gasteiger partial charge < -0.3 is 20.0 Å². The van der Waals surface area contributed by atoms with Crippen molar-refractivity contribution in [3.05, 3.63) is 35.6 Å². The number of rotatable bonds is 7. The van der Waals surface area contributed by atoms with Crippen LogP contribution in [0.3, 0.4) is 0 Å². The minimum Gasteiger partial charge on any atom is -0.459 e. The minimum absolute atomic E-state index is 0.541. The second kappa shape index (κ2) is 8.58. The summed E-state index contributed by atoms with van der Waals surface area (Å²) in [5, 5.41) is 7.81. The molecule has 5 heteroatoms. The number of furan rings is 1. The van der Waals surface area contributed by atoms with Gasteiger partial charge in [0.25, 0.3) is 0 Å². The highest BCUT2D eigenvalue weighted by molar-refractivity contribution is 5.82. The van der Waals surface area contributed by atoms with E-state index in [1.54, 1.807) is 0 Å². The highest BCUT2D eigenvalue weighted by atomic mass is 16.3. The molecule has 2 aromatic rings. The minimum atomic E-state index is 0.541. The number of aryl methyl sites for hydroxylation is 1. The number of nitrogens with one attached hydrogen (secondary N) is 2. The molecule has 0 atom stereocenters. The molecule has 0 spiro atoms. The zero-order chi connectivity index (χ0) is 16.7. The lowest BCUT2D eigenvalue weighted by Gasteiger charge is -2.16. The molecule has 1 aromatic heterocycles. The first-order valence-electron chi connectivity index (χ1n) is 8.33. The third-order valence-electron chi connectivity index (χ3n) is 3.99. The lowest BCUT2D eigenvalue weighted by molar-refractivity contribution is 0.357. The molecule has 1 aromatic carbocycles. The van der Waals surface area contributed by atoms with Gasteiger partial charge in [0, 0.05) is 30.6 Å². The van der Waals surface area contributed by atoms with E-state index < -0.39 is 0 Å². The van der Waals surface area contributed by atoms with Gasteiger partial charge in [-0.1, -0.05) is 25.1 Å². The van der Waals surface area contributed by atoms with Crippen LogP contribution >= 0.6 is 0 Å². The van der Waals surface area contributed by atoms with Crippen molar-refractivity contribution < 1.29 is 4.42 Å². The average molecular weight is 316 g/mol. The Morgan fingerprint density at radius 1 is 1.22 bits per heavy atom. The predicted octanol–water partition coefficient (Wildman–Crippen LogP) is 2.75. The summed E-state index contributed by atoms with van der Waals surface area (Å²) in [7, 11) is 2.11. The SMILES string of the molecule is CCNC(=NCc1oc2ccccc2c1C)NCCN(C)CC. The Morgan fingerprint density at radius 3 is 2.70 bits per heavy atom. The highest BCUT2D eigenvalue weighted by Crippen LogP contribution is 2.25. The molecule has 0 aliphatic rings. The molecule has 5 nitrogen and oxygen atoms in total. The molecule has 23 heavy (non-hydrogen) atoms. The van der Waals surface area contributed by atoms with E-state index in [1.165, 1.54) is 10.9 Å². The second-order valence-electron chi connectivity index (χ2n) is 5.66. The first kappa shape index (κ1) is 17.3. The van der Waals surface area contributed by atoms with Crippen molar-refractivity contribution in [1.82, 2.24) is 15.5 Å². The van der Waals surface area contributed by atoms with Gasteiger partial charge in [-0.3, -0.25) is 0 Å². The Morgan fingerprint density at radius 2 is 2.00 bits per heavy atom. The topological polar surface area (TPSA) is 52.8 Å². The zero-order valence-electron chi connectivity index (χ0n) is 14.6. The van der Waals surface area contributed by atoms with E-state index in [4.69, 9.17) is 4.42 Å². The monoisotopic (exact) mass is 316 g/mol. The standard InChI is InChI=1S/C18H28N4O/c1-5-19-18(20-11-12-22(4)6-2)21-13-17-14(3)15-9-7-8-10-16(15)23-17/h7-10H,5-6,11-13H2,1-4H3,(H2,19,20,21). The first-order valence-corrected chi connectivity index (χ1v) is 8.33. The van der Waals surface area contributed by atoms with Crippen molar-refractivity contribution in [2.45, 2.75) is 27.3 Å². The average Bonchev–Trinajstić information content (AvgIpc) is 2.89. The fourth-order valence-electron chi connectivity index (χ4n) is 2.39. The molecular weight excluding hydrogens is 288 g/mol. The van der Waals surface area contributed by atoms with Crippen LogP contribution in [0.25, 0.3) is 11.0 Å². The first-order chi connectivity index (χ1) is 11.2. The van der Waals surface area contributed by atoms with Gasteiger partial charge in [-0.2, -0.15) is 0 Å². The maximum absolute atomic E-state index is 5.92. The third kappa shape index (κ3) is 4.73. The van der Waals surface area contributed by atoms with E-state index in [9.17, 15) is 0 Å². The molecule has 0 radical (unpaired) electrons. The maximum Gasteiger partial charge on any atom is 0.191 e. The lowest BCUT2D eigenvalue weighted by atomic mass is 10.1. The number of guanidine groups is 1. The van der Waals surface area contributed by atoms with E-state index in [2.05, 4.69) is 54.4 Å². The van der Waals surface area contributed by atoms with Crippen molar-refractivity contribution in [2.24, 2.45) is 4.99 Å². The van der Waals surface area contributed by atoms with E-state index in [0.717, 1.165) is 43.5 Å². The number of para-hydroxylation sites is 1. The summed E-state index contributed by atoms with van der Waals surface area (Å²) in [6.07, 6.45) is 0. The van der Waals surface area contributed by atoms with E-state index in [1.807, 2.05) is 18.2 Å². The number of nitrogens with zero attached hydrogens (tertiary/aromatic N) is 2. The van der Waals surface area contributed by atoms with Crippen LogP contribution in [0.2, 0.25) is 0 Å². The summed E-state index contributed by atoms with van der Waals surface area (Å²) in [4.78, 5) is 6.91. The predicted molar refractivity (Wildman–Crippen MR) is 96.9 cm³/mol. The molecule has 0 fully saturated rings. The van der Waals surface area contributed by atoms with Crippen LogP contribution in [0.1, 0.15) is 25.2 Å². The fourth-order valence-corrected chi connectivity index (χ4v) is 2.39. The van der Waals surface area contributed by atoms with Crippen LogP contribution in [0, 0.1) is 6.92 Å². The molecule has 0 saturated heterocycles. The Hall–Kier alpha value is -2.01. The molecule has 2 rings (SSSR count). The fraction of sp³-hybridized carbons (Fsp3) is 0.500. The van der Waals surface area contributed by atoms with Crippen molar-refractivity contribution >= 4 is 16.9 Å². The Balaban J connectivity index is 2.02. The number of benzene rings is 1. The molecule has 0 amide bonds. The molecule has 126 valence electrons. The van der Waals surface area contributed by atoms with Gasteiger partial charge in [-0.25, -0.2) is 4.99 Å². The Kier molecular flexibility index (Phi) is 6.47. The summed E-state index contributed by atoms with van der Waals surface area (Å²) < 4.78 is 5.92. The number of aliphatic imine (C=N–C) groups is 1. The number of hydrogen-bond acceptors (Lipinski definition) is 3. The summed E-state index contributed by atoms with van der Waals surface area (Å²) in [5.74, 6) is 1.76. The third-order valence-corrected chi connectivity index (χ3v) is 3.99. The summed E-state index contributed by atoms with van der Waals surface area (Å²) in [6.45, 7) is 10.6. The molecule has 1 heterocycles. The zero-order valence-corrected chi connectivity index (χ0v) is 14.6. The molecule has 0 unspecified atom stereocenters. The van der Waals surface area contributed by atoms with Gasteiger partial charge in [0.15, 0.2) is 5.96 Å². The summed E-state index contributed by atoms with van der Waals surface area (Å²) in [5.41, 5.74) is 2.10. The van der Waals surface area contributed by atoms with Gasteiger partial charge in [0.05, 0.1) is 0 Å². The highest BCUT2D eigenvalue weighted by Gasteiger charge is 2.09. The van der Waals surface area contributed by atoms with Gasteiger partial charge in [0.1, 0.15) is 17.9 Å².